The fourth-order valence-electron chi connectivity index (χ4n) is 0.650. The molecule has 1 N–H and O–H groups in total. The van der Waals surface area contributed by atoms with Crippen molar-refractivity contribution in [3.8, 4) is 12.5 Å². The molecule has 0 aromatic heterocycles. The lowest BCUT2D eigenvalue weighted by atomic mass is 10.3. The standard InChI is InChI=1S/C8H6FN/c1-2-10-8-5-3-4-7(9)6-8/h1,3-6,10H. The van der Waals surface area contributed by atoms with Crippen LogP contribution in [0.25, 0.3) is 0 Å². The van der Waals surface area contributed by atoms with Gasteiger partial charge in [0.25, 0.3) is 0 Å². The predicted octanol–water partition coefficient (Wildman–Crippen LogP) is 1.83. The lowest BCUT2D eigenvalue weighted by Crippen LogP contribution is -1.86. The zero-order valence-corrected chi connectivity index (χ0v) is 5.26. The third kappa shape index (κ3) is 1.49. The molecule has 0 radical (unpaired) electrons. The molecule has 0 unspecified atom stereocenters. The van der Waals surface area contributed by atoms with E-state index in [1.807, 2.05) is 0 Å². The number of rotatable bonds is 1. The van der Waals surface area contributed by atoms with Crippen molar-refractivity contribution in [2.75, 3.05) is 5.32 Å². The summed E-state index contributed by atoms with van der Waals surface area (Å²) in [5.41, 5.74) is 0.600. The molecule has 2 heteroatoms. The Kier molecular flexibility index (Phi) is 1.91. The van der Waals surface area contributed by atoms with Crippen molar-refractivity contribution < 1.29 is 4.39 Å². The van der Waals surface area contributed by atoms with Crippen LogP contribution >= 0.6 is 0 Å². The summed E-state index contributed by atoms with van der Waals surface area (Å²) in [6.07, 6.45) is 4.93. The molecule has 0 atom stereocenters. The molecule has 0 aliphatic heterocycles. The van der Waals surface area contributed by atoms with Crippen molar-refractivity contribution in [1.29, 1.82) is 0 Å². The molecular weight excluding hydrogens is 129 g/mol. The van der Waals surface area contributed by atoms with E-state index in [1.54, 1.807) is 12.1 Å². The van der Waals surface area contributed by atoms with Gasteiger partial charge in [-0.15, -0.1) is 0 Å². The fraction of sp³-hybridized carbons (Fsp3) is 0. The highest BCUT2D eigenvalue weighted by Gasteiger charge is 1.89. The van der Waals surface area contributed by atoms with Gasteiger partial charge in [-0.2, -0.15) is 0 Å². The third-order valence-electron chi connectivity index (χ3n) is 1.04. The van der Waals surface area contributed by atoms with Crippen molar-refractivity contribution in [3.05, 3.63) is 30.1 Å². The Hall–Kier alpha value is -1.49. The highest BCUT2D eigenvalue weighted by atomic mass is 19.1. The number of terminal acetylenes is 1. The summed E-state index contributed by atoms with van der Waals surface area (Å²) in [5.74, 6) is -0.291. The smallest absolute Gasteiger partial charge is 0.125 e. The van der Waals surface area contributed by atoms with Crippen molar-refractivity contribution >= 4 is 5.69 Å². The molecule has 1 aromatic carbocycles. The average Bonchev–Trinajstić information content (AvgIpc) is 1.88. The monoisotopic (exact) mass is 135 g/mol. The van der Waals surface area contributed by atoms with Gasteiger partial charge in [-0.05, 0) is 18.2 Å². The van der Waals surface area contributed by atoms with E-state index in [1.165, 1.54) is 12.1 Å². The van der Waals surface area contributed by atoms with Gasteiger partial charge in [0.15, 0.2) is 0 Å². The lowest BCUT2D eigenvalue weighted by Gasteiger charge is -1.95. The van der Waals surface area contributed by atoms with Crippen LogP contribution in [0.1, 0.15) is 0 Å². The molecule has 0 bridgehead atoms. The van der Waals surface area contributed by atoms with Crippen LogP contribution in [-0.2, 0) is 0 Å². The minimum atomic E-state index is -0.291. The van der Waals surface area contributed by atoms with E-state index in [4.69, 9.17) is 6.42 Å². The zero-order chi connectivity index (χ0) is 7.40. The van der Waals surface area contributed by atoms with Crippen molar-refractivity contribution in [2.45, 2.75) is 0 Å². The molecule has 0 saturated heterocycles. The van der Waals surface area contributed by atoms with Crippen LogP contribution in [0.2, 0.25) is 0 Å². The lowest BCUT2D eigenvalue weighted by molar-refractivity contribution is 0.628. The van der Waals surface area contributed by atoms with E-state index < -0.39 is 0 Å². The highest BCUT2D eigenvalue weighted by molar-refractivity contribution is 5.46. The van der Waals surface area contributed by atoms with E-state index in [9.17, 15) is 4.39 Å². The maximum Gasteiger partial charge on any atom is 0.125 e. The Morgan fingerprint density at radius 1 is 1.50 bits per heavy atom. The molecule has 1 aromatic rings. The molecule has 0 fully saturated rings. The summed E-state index contributed by atoms with van der Waals surface area (Å²) in [4.78, 5) is 0. The molecular formula is C8H6FN. The van der Waals surface area contributed by atoms with Gasteiger partial charge in [0.2, 0.25) is 0 Å². The van der Waals surface area contributed by atoms with Gasteiger partial charge in [-0.1, -0.05) is 12.5 Å². The van der Waals surface area contributed by atoms with Crippen LogP contribution in [0, 0.1) is 18.3 Å². The Morgan fingerprint density at radius 2 is 2.30 bits per heavy atom. The maximum absolute atomic E-state index is 12.4. The molecule has 0 spiro atoms. The molecule has 0 aliphatic rings. The minimum absolute atomic E-state index is 0.291. The zero-order valence-electron chi connectivity index (χ0n) is 5.26. The summed E-state index contributed by atoms with van der Waals surface area (Å²) in [5, 5.41) is 2.54. The number of hydrogen-bond donors (Lipinski definition) is 1. The quantitative estimate of drug-likeness (QED) is 0.457. The average molecular weight is 135 g/mol. The van der Waals surface area contributed by atoms with Crippen molar-refractivity contribution in [2.24, 2.45) is 0 Å². The largest absolute Gasteiger partial charge is 0.315 e. The number of halogens is 1. The first-order chi connectivity index (χ1) is 4.83. The van der Waals surface area contributed by atoms with Gasteiger partial charge in [-0.3, -0.25) is 0 Å². The van der Waals surface area contributed by atoms with E-state index in [0.29, 0.717) is 5.69 Å². The molecule has 10 heavy (non-hydrogen) atoms. The van der Waals surface area contributed by atoms with Crippen LogP contribution in [0.4, 0.5) is 10.1 Å². The molecule has 0 heterocycles. The Labute approximate surface area is 58.9 Å². The summed E-state index contributed by atoms with van der Waals surface area (Å²) < 4.78 is 12.4. The van der Waals surface area contributed by atoms with E-state index in [0.717, 1.165) is 0 Å². The molecule has 1 rings (SSSR count). The Balaban J connectivity index is 2.87. The summed E-state index contributed by atoms with van der Waals surface area (Å²) in [6.45, 7) is 0. The second kappa shape index (κ2) is 2.88. The van der Waals surface area contributed by atoms with Gasteiger partial charge in [0.05, 0.1) is 0 Å². The van der Waals surface area contributed by atoms with Crippen molar-refractivity contribution in [1.82, 2.24) is 0 Å². The Bertz CT molecular complexity index is 262. The van der Waals surface area contributed by atoms with Gasteiger partial charge in [0, 0.05) is 11.7 Å². The fourth-order valence-corrected chi connectivity index (χ4v) is 0.650. The minimum Gasteiger partial charge on any atom is -0.315 e. The van der Waals surface area contributed by atoms with E-state index in [2.05, 4.69) is 11.4 Å². The Morgan fingerprint density at radius 3 is 2.90 bits per heavy atom. The molecule has 0 saturated carbocycles. The number of nitrogens with one attached hydrogen (secondary N) is 1. The van der Waals surface area contributed by atoms with Crippen LogP contribution in [-0.4, -0.2) is 0 Å². The first-order valence-electron chi connectivity index (χ1n) is 2.80. The number of hydrogen-bond acceptors (Lipinski definition) is 1. The van der Waals surface area contributed by atoms with E-state index >= 15 is 0 Å². The number of benzene rings is 1. The molecule has 0 aliphatic carbocycles. The molecule has 0 amide bonds. The molecule has 50 valence electrons. The van der Waals surface area contributed by atoms with Gasteiger partial charge in [0.1, 0.15) is 5.82 Å². The predicted molar refractivity (Wildman–Crippen MR) is 38.9 cm³/mol. The molecule has 1 nitrogen and oxygen atoms in total. The third-order valence-corrected chi connectivity index (χ3v) is 1.04. The second-order valence-corrected chi connectivity index (χ2v) is 1.78. The van der Waals surface area contributed by atoms with Crippen molar-refractivity contribution in [3.63, 3.8) is 0 Å². The van der Waals surface area contributed by atoms with Gasteiger partial charge in [-0.25, -0.2) is 4.39 Å². The SMILES string of the molecule is C#CNc1cccc(F)c1. The summed E-state index contributed by atoms with van der Waals surface area (Å²) >= 11 is 0. The van der Waals surface area contributed by atoms with Crippen LogP contribution in [0.5, 0.6) is 0 Å². The van der Waals surface area contributed by atoms with Gasteiger partial charge < -0.3 is 5.32 Å². The van der Waals surface area contributed by atoms with Crippen LogP contribution in [0.15, 0.2) is 24.3 Å². The van der Waals surface area contributed by atoms with Gasteiger partial charge >= 0.3 is 0 Å². The first-order valence-corrected chi connectivity index (χ1v) is 2.80. The summed E-state index contributed by atoms with van der Waals surface area (Å²) in [7, 11) is 0. The maximum atomic E-state index is 12.4. The normalized spacial score (nSPS) is 8.40. The number of anilines is 1. The van der Waals surface area contributed by atoms with E-state index in [-0.39, 0.29) is 5.82 Å². The van der Waals surface area contributed by atoms with Crippen LogP contribution in [0.3, 0.4) is 0 Å². The topological polar surface area (TPSA) is 12.0 Å². The summed E-state index contributed by atoms with van der Waals surface area (Å²) in [6, 6.07) is 8.18. The second-order valence-electron chi connectivity index (χ2n) is 1.78. The van der Waals surface area contributed by atoms with Crippen LogP contribution < -0.4 is 5.32 Å². The highest BCUT2D eigenvalue weighted by Crippen LogP contribution is 2.07. The first kappa shape index (κ1) is 6.63.